The summed E-state index contributed by atoms with van der Waals surface area (Å²) in [5.74, 6) is 8.91. The molecule has 17 aromatic rings. The number of furan rings is 1. The van der Waals surface area contributed by atoms with E-state index < -0.39 is 23.3 Å². The molecule has 4 aromatic carbocycles. The van der Waals surface area contributed by atoms with Gasteiger partial charge in [-0.05, 0) is 222 Å². The SMILES string of the molecule is CC1C2CCC(CC2)C1Nc1cc(-c2ccccc2)nc(-c2c(-c3ccccc3)[nH]c3ncc(F)cc23)n1.CC1C2CCC(CC2)C1Nc1nc(-c2c[nH]c3ncc(F)cc23)nc(-c2ccccc2)c1F.CC1C2CCC(CC2)C1Nc1nc(-c2c[nH]c3ncc(F)cc23)nc(-c2ccco2)c1F.Cc1c(F)cnc2[nH]cc(-c3nc(NC4C5CCC(CC5)C4C)cc(-c4ccccc4)n3)c12. The second-order valence-electron chi connectivity index (χ2n) is 38.9. The molecule has 12 saturated carbocycles. The lowest BCUT2D eigenvalue weighted by atomic mass is 9.62. The van der Waals surface area contributed by atoms with E-state index in [2.05, 4.69) is 139 Å². The number of aryl methyl sites for hydroxylation is 1. The van der Waals surface area contributed by atoms with Crippen molar-refractivity contribution in [2.45, 2.75) is 162 Å². The Kier molecular flexibility index (Phi) is 23.8. The number of H-pyrrole nitrogens is 4. The molecule has 0 spiro atoms. The molecule has 0 saturated heterocycles. The minimum atomic E-state index is -0.540. The maximum absolute atomic E-state index is 15.8. The first kappa shape index (κ1) is 87.4. The molecule has 13 aromatic heterocycles. The number of pyridine rings is 4. The number of aromatic nitrogens is 16. The Morgan fingerprint density at radius 3 is 1.17 bits per heavy atom. The molecule has 0 amide bonds. The Bertz CT molecular complexity index is 7180. The lowest BCUT2D eigenvalue weighted by Gasteiger charge is -2.47. The smallest absolute Gasteiger partial charge is 0.194 e. The molecule has 29 rings (SSSR count). The molecule has 136 heavy (non-hydrogen) atoms. The highest BCUT2D eigenvalue weighted by Crippen LogP contribution is 2.52. The van der Waals surface area contributed by atoms with Gasteiger partial charge in [-0.15, -0.1) is 0 Å². The van der Waals surface area contributed by atoms with Crippen molar-refractivity contribution in [3.63, 3.8) is 0 Å². The monoisotopic (exact) mass is 1820 g/mol. The van der Waals surface area contributed by atoms with Crippen LogP contribution in [0.25, 0.3) is 146 Å². The molecular weight excluding hydrogens is 1720 g/mol. The summed E-state index contributed by atoms with van der Waals surface area (Å²) in [6, 6.07) is 52.6. The Morgan fingerprint density at radius 2 is 0.713 bits per heavy atom. The van der Waals surface area contributed by atoms with Crippen LogP contribution in [0.5, 0.6) is 0 Å². The van der Waals surface area contributed by atoms with Crippen molar-refractivity contribution in [1.82, 2.24) is 79.7 Å². The molecule has 0 radical (unpaired) electrons. The minimum Gasteiger partial charge on any atom is -0.463 e. The molecule has 8 atom stereocenters. The molecule has 12 aliphatic carbocycles. The summed E-state index contributed by atoms with van der Waals surface area (Å²) in [6.45, 7) is 11.0. The van der Waals surface area contributed by atoms with E-state index in [-0.39, 0.29) is 52.6 Å². The van der Waals surface area contributed by atoms with Crippen molar-refractivity contribution in [1.29, 1.82) is 0 Å². The number of aromatic amines is 4. The molecule has 12 fully saturated rings. The zero-order chi connectivity index (χ0) is 92.5. The first-order valence-electron chi connectivity index (χ1n) is 48.2. The molecule has 690 valence electrons. The number of rotatable bonds is 17. The van der Waals surface area contributed by atoms with Crippen LogP contribution in [0.1, 0.15) is 136 Å². The highest BCUT2D eigenvalue weighted by Gasteiger charge is 2.46. The zero-order valence-corrected chi connectivity index (χ0v) is 76.3. The van der Waals surface area contributed by atoms with Crippen LogP contribution in [0.4, 0.5) is 49.6 Å². The highest BCUT2D eigenvalue weighted by molar-refractivity contribution is 6.02. The van der Waals surface area contributed by atoms with Crippen LogP contribution in [0.2, 0.25) is 0 Å². The Morgan fingerprint density at radius 1 is 0.338 bits per heavy atom. The quantitative estimate of drug-likeness (QED) is 0.0393. The van der Waals surface area contributed by atoms with E-state index in [1.54, 1.807) is 31.5 Å². The first-order chi connectivity index (χ1) is 66.4. The van der Waals surface area contributed by atoms with Crippen molar-refractivity contribution < 1.29 is 30.8 Å². The summed E-state index contributed by atoms with van der Waals surface area (Å²) in [6.07, 6.45) is 31.7. The number of nitrogens with one attached hydrogen (secondary N) is 8. The minimum absolute atomic E-state index is 0.0786. The number of benzene rings is 4. The molecule has 8 bridgehead atoms. The number of hydrogen-bond acceptors (Lipinski definition) is 17. The first-order valence-corrected chi connectivity index (χ1v) is 48.2. The molecule has 27 heteroatoms. The number of hydrogen-bond donors (Lipinski definition) is 8. The molecule has 13 heterocycles. The average molecular weight is 1830 g/mol. The normalized spacial score (nSPS) is 24.0. The molecule has 12 aliphatic rings. The largest absolute Gasteiger partial charge is 0.463 e. The van der Waals surface area contributed by atoms with Crippen LogP contribution >= 0.6 is 0 Å². The molecule has 8 unspecified atom stereocenters. The summed E-state index contributed by atoms with van der Waals surface area (Å²) in [5.41, 5.74) is 12.1. The third-order valence-corrected chi connectivity index (χ3v) is 31.4. The summed E-state index contributed by atoms with van der Waals surface area (Å²) >= 11 is 0. The third-order valence-electron chi connectivity index (χ3n) is 31.4. The Hall–Kier alpha value is -14.0. The van der Waals surface area contributed by atoms with Gasteiger partial charge in [0.15, 0.2) is 52.3 Å². The van der Waals surface area contributed by atoms with Crippen molar-refractivity contribution >= 4 is 67.4 Å². The molecule has 0 aliphatic heterocycles. The van der Waals surface area contributed by atoms with Gasteiger partial charge < -0.3 is 45.6 Å². The van der Waals surface area contributed by atoms with E-state index in [1.165, 1.54) is 127 Å². The fourth-order valence-corrected chi connectivity index (χ4v) is 24.0. The van der Waals surface area contributed by atoms with E-state index in [1.807, 2.05) is 109 Å². The van der Waals surface area contributed by atoms with Gasteiger partial charge in [0.1, 0.15) is 68.9 Å². The number of fused-ring (bicyclic) bond motifs is 16. The lowest BCUT2D eigenvalue weighted by molar-refractivity contribution is 0.0926. The van der Waals surface area contributed by atoms with Gasteiger partial charge in [0, 0.05) is 110 Å². The van der Waals surface area contributed by atoms with Crippen LogP contribution in [0.15, 0.2) is 218 Å². The van der Waals surface area contributed by atoms with Gasteiger partial charge in [-0.2, -0.15) is 0 Å². The zero-order valence-electron chi connectivity index (χ0n) is 76.3. The second kappa shape index (κ2) is 37.0. The van der Waals surface area contributed by atoms with Crippen LogP contribution in [-0.2, 0) is 0 Å². The topological polar surface area (TPSA) is 279 Å². The van der Waals surface area contributed by atoms with E-state index in [9.17, 15) is 17.6 Å². The van der Waals surface area contributed by atoms with Gasteiger partial charge in [0.2, 0.25) is 0 Å². The average Bonchev–Trinajstić information content (AvgIpc) is 1.61. The van der Waals surface area contributed by atoms with Crippen molar-refractivity contribution in [2.24, 2.45) is 71.0 Å². The van der Waals surface area contributed by atoms with Gasteiger partial charge >= 0.3 is 0 Å². The summed E-state index contributed by atoms with van der Waals surface area (Å²) in [7, 11) is 0. The van der Waals surface area contributed by atoms with Crippen LogP contribution in [0, 0.1) is 113 Å². The highest BCUT2D eigenvalue weighted by atomic mass is 19.1. The fraction of sp³-hybridized carbons (Fsp3) is 0.339. The Labute approximate surface area is 783 Å². The fourth-order valence-electron chi connectivity index (χ4n) is 24.0. The molecular formula is C109H106F6N20O. The van der Waals surface area contributed by atoms with Crippen molar-refractivity contribution in [3.05, 3.63) is 254 Å². The maximum atomic E-state index is 15.8. The van der Waals surface area contributed by atoms with Gasteiger partial charge in [-0.1, -0.05) is 149 Å². The summed E-state index contributed by atoms with van der Waals surface area (Å²) in [5, 5.41) is 17.1. The number of halogens is 6. The van der Waals surface area contributed by atoms with Gasteiger partial charge in [0.25, 0.3) is 0 Å². The van der Waals surface area contributed by atoms with E-state index in [0.29, 0.717) is 155 Å². The maximum Gasteiger partial charge on any atom is 0.194 e. The Balaban J connectivity index is 0.000000105. The number of anilines is 4. The van der Waals surface area contributed by atoms with E-state index >= 15 is 8.78 Å². The van der Waals surface area contributed by atoms with Crippen LogP contribution in [-0.4, -0.2) is 104 Å². The van der Waals surface area contributed by atoms with E-state index in [4.69, 9.17) is 24.4 Å². The molecule has 21 nitrogen and oxygen atoms in total. The predicted octanol–water partition coefficient (Wildman–Crippen LogP) is 26.1. The molecule has 8 N–H and O–H groups in total. The lowest BCUT2D eigenvalue weighted by Crippen LogP contribution is -2.47. The van der Waals surface area contributed by atoms with Crippen LogP contribution in [0.3, 0.4) is 0 Å². The van der Waals surface area contributed by atoms with Crippen molar-refractivity contribution in [2.75, 3.05) is 21.3 Å². The summed E-state index contributed by atoms with van der Waals surface area (Å²) < 4.78 is 93.6. The van der Waals surface area contributed by atoms with Gasteiger partial charge in [0.05, 0.1) is 53.7 Å². The summed E-state index contributed by atoms with van der Waals surface area (Å²) in [4.78, 5) is 67.6. The van der Waals surface area contributed by atoms with Gasteiger partial charge in [-0.3, -0.25) is 0 Å². The standard InChI is InChI=1S/C32H30FN5.C27H28FN5.C26H25F2N5.C24H23F2N5O/c1-19-20-12-14-23(15-13-20)29(19)36-27-17-26(21-8-4-2-5-9-21)35-32(37-27)28-25-16-24(33)18-34-31(25)38-30(28)22-10-6-3-7-11-22;1-15-17-8-10-19(11-9-17)25(15)32-23-12-22(18-6-4-3-5-7-18)31-26(33-23)20-13-29-27-24(20)16(2)21(28)14-30-27;1-14-15-7-9-17(10-8-15)22(14)31-26-21(28)23(16-5-3-2-4-6-16)32-25(33-26)20-13-30-24-19(20)11-18(27)12-29-24;1-12-13-4-6-14(7-5-13)20(12)29-24-19(26)21(18-3-2-8-32-18)30-23(31-24)17-11-28-22-16(17)9-15(25)10-27-22/h2-11,16-20,23,29H,12-15H2,1H3,(H,34,38)(H,35,36,37);3-7,12-15,17,19,25H,8-11H2,1-2H3,(H,29,30)(H,31,32,33);2-6,11-15,17,22H,7-10H2,1H3,(H,29,30)(H,31,32,33);2-3,8-14,20H,4-7H2,1H3,(H,27,28)(H,29,30,31). The van der Waals surface area contributed by atoms with E-state index in [0.717, 1.165) is 99.0 Å². The van der Waals surface area contributed by atoms with Crippen LogP contribution < -0.4 is 21.3 Å². The second-order valence-corrected chi connectivity index (χ2v) is 38.9. The predicted molar refractivity (Wildman–Crippen MR) is 521 cm³/mol. The third kappa shape index (κ3) is 17.0. The van der Waals surface area contributed by atoms with Gasteiger partial charge in [-0.25, -0.2) is 86.2 Å². The number of nitrogens with zero attached hydrogens (tertiary/aromatic N) is 12. The van der Waals surface area contributed by atoms with Crippen molar-refractivity contribution in [3.8, 4) is 102 Å².